The van der Waals surface area contributed by atoms with E-state index in [9.17, 15) is 13.9 Å². The molecule has 14 heavy (non-hydrogen) atoms. The second-order valence-electron chi connectivity index (χ2n) is 3.79. The number of hydrogen-bond donors (Lipinski definition) is 1. The third-order valence-corrected chi connectivity index (χ3v) is 2.78. The van der Waals surface area contributed by atoms with Crippen molar-refractivity contribution in [1.29, 1.82) is 0 Å². The highest BCUT2D eigenvalue weighted by Gasteiger charge is 2.25. The van der Waals surface area contributed by atoms with E-state index in [1.165, 1.54) is 13.0 Å². The maximum absolute atomic E-state index is 13.6. The van der Waals surface area contributed by atoms with Crippen molar-refractivity contribution in [3.8, 4) is 0 Å². The molecule has 0 fully saturated rings. The smallest absolute Gasteiger partial charge is 0.132 e. The average molecular weight is 198 g/mol. The fourth-order valence-electron chi connectivity index (χ4n) is 2.03. The van der Waals surface area contributed by atoms with E-state index in [1.807, 2.05) is 0 Å². The molecule has 3 heteroatoms. The number of fused-ring (bicyclic) bond motifs is 1. The zero-order chi connectivity index (χ0) is 10.3. The summed E-state index contributed by atoms with van der Waals surface area (Å²) in [4.78, 5) is 0. The van der Waals surface area contributed by atoms with Crippen LogP contribution in [-0.4, -0.2) is 5.11 Å². The fourth-order valence-corrected chi connectivity index (χ4v) is 2.03. The van der Waals surface area contributed by atoms with E-state index in [1.54, 1.807) is 0 Å². The second kappa shape index (κ2) is 3.31. The molecule has 0 amide bonds. The SMILES string of the molecule is Cc1cc(F)c2c(c1F)C(O)CCC2. The van der Waals surface area contributed by atoms with Gasteiger partial charge >= 0.3 is 0 Å². The molecule has 1 N–H and O–H groups in total. The van der Waals surface area contributed by atoms with Gasteiger partial charge in [0.05, 0.1) is 6.10 Å². The standard InChI is InChI=1S/C11H12F2O/c1-6-5-8(12)7-3-2-4-9(14)10(7)11(6)13/h5,9,14H,2-4H2,1H3. The van der Waals surface area contributed by atoms with Gasteiger partial charge in [-0.05, 0) is 43.4 Å². The Hall–Kier alpha value is -0.960. The number of aliphatic hydroxyl groups excluding tert-OH is 1. The van der Waals surface area contributed by atoms with Gasteiger partial charge in [0.2, 0.25) is 0 Å². The minimum absolute atomic E-state index is 0.175. The van der Waals surface area contributed by atoms with Gasteiger partial charge in [-0.25, -0.2) is 8.78 Å². The van der Waals surface area contributed by atoms with Crippen LogP contribution < -0.4 is 0 Å². The molecule has 1 aromatic rings. The second-order valence-corrected chi connectivity index (χ2v) is 3.79. The van der Waals surface area contributed by atoms with Gasteiger partial charge in [0.1, 0.15) is 11.6 Å². The van der Waals surface area contributed by atoms with E-state index in [4.69, 9.17) is 0 Å². The van der Waals surface area contributed by atoms with E-state index < -0.39 is 17.7 Å². The van der Waals surface area contributed by atoms with Crippen LogP contribution in [0.5, 0.6) is 0 Å². The maximum atomic E-state index is 13.6. The molecule has 1 atom stereocenters. The summed E-state index contributed by atoms with van der Waals surface area (Å²) >= 11 is 0. The van der Waals surface area contributed by atoms with E-state index in [0.29, 0.717) is 24.8 Å². The number of hydrogen-bond acceptors (Lipinski definition) is 1. The number of rotatable bonds is 0. The molecule has 0 heterocycles. The average Bonchev–Trinajstić information content (AvgIpc) is 2.14. The van der Waals surface area contributed by atoms with E-state index in [2.05, 4.69) is 0 Å². The highest BCUT2D eigenvalue weighted by Crippen LogP contribution is 2.34. The van der Waals surface area contributed by atoms with Gasteiger partial charge in [-0.2, -0.15) is 0 Å². The molecule has 0 spiro atoms. The minimum atomic E-state index is -0.840. The number of halogens is 2. The molecule has 1 aliphatic carbocycles. The zero-order valence-electron chi connectivity index (χ0n) is 7.98. The Kier molecular flexibility index (Phi) is 2.27. The van der Waals surface area contributed by atoms with Gasteiger partial charge < -0.3 is 5.11 Å². The number of aryl methyl sites for hydroxylation is 1. The summed E-state index contributed by atoms with van der Waals surface area (Å²) in [6, 6.07) is 1.20. The monoisotopic (exact) mass is 198 g/mol. The van der Waals surface area contributed by atoms with Crippen LogP contribution >= 0.6 is 0 Å². The summed E-state index contributed by atoms with van der Waals surface area (Å²) < 4.78 is 27.0. The van der Waals surface area contributed by atoms with Crippen molar-refractivity contribution in [2.45, 2.75) is 32.3 Å². The highest BCUT2D eigenvalue weighted by atomic mass is 19.1. The Morgan fingerprint density at radius 3 is 2.86 bits per heavy atom. The Balaban J connectivity index is 2.67. The van der Waals surface area contributed by atoms with Crippen LogP contribution in [0.3, 0.4) is 0 Å². The fraction of sp³-hybridized carbons (Fsp3) is 0.455. The summed E-state index contributed by atoms with van der Waals surface area (Å²) in [6.45, 7) is 1.51. The Bertz CT molecular complexity index is 374. The van der Waals surface area contributed by atoms with Gasteiger partial charge in [0.15, 0.2) is 0 Å². The molecule has 1 aromatic carbocycles. The first kappa shape index (κ1) is 9.59. The molecule has 2 rings (SSSR count). The topological polar surface area (TPSA) is 20.2 Å². The van der Waals surface area contributed by atoms with Gasteiger partial charge in [-0.1, -0.05) is 0 Å². The predicted octanol–water partition coefficient (Wildman–Crippen LogP) is 2.64. The molecule has 1 nitrogen and oxygen atoms in total. The van der Waals surface area contributed by atoms with Crippen molar-refractivity contribution in [3.63, 3.8) is 0 Å². The van der Waals surface area contributed by atoms with Gasteiger partial charge in [-0.15, -0.1) is 0 Å². The molecule has 0 aliphatic heterocycles. The lowest BCUT2D eigenvalue weighted by molar-refractivity contribution is 0.150. The van der Waals surface area contributed by atoms with Crippen LogP contribution in [0.4, 0.5) is 8.78 Å². The quantitative estimate of drug-likeness (QED) is 0.679. The summed E-state index contributed by atoms with van der Waals surface area (Å²) in [7, 11) is 0. The van der Waals surface area contributed by atoms with Crippen molar-refractivity contribution in [2.24, 2.45) is 0 Å². The van der Waals surface area contributed by atoms with Crippen LogP contribution in [-0.2, 0) is 6.42 Å². The molecular weight excluding hydrogens is 186 g/mol. The first-order chi connectivity index (χ1) is 6.61. The molecule has 1 unspecified atom stereocenters. The van der Waals surface area contributed by atoms with Crippen molar-refractivity contribution in [1.82, 2.24) is 0 Å². The zero-order valence-corrected chi connectivity index (χ0v) is 7.98. The third-order valence-electron chi connectivity index (χ3n) is 2.78. The predicted molar refractivity (Wildman–Crippen MR) is 49.0 cm³/mol. The molecule has 0 saturated heterocycles. The molecule has 0 saturated carbocycles. The van der Waals surface area contributed by atoms with Crippen molar-refractivity contribution in [2.75, 3.05) is 0 Å². The maximum Gasteiger partial charge on any atom is 0.132 e. The van der Waals surface area contributed by atoms with E-state index >= 15 is 0 Å². The van der Waals surface area contributed by atoms with Gasteiger partial charge in [0.25, 0.3) is 0 Å². The number of benzene rings is 1. The normalized spacial score (nSPS) is 20.7. The van der Waals surface area contributed by atoms with Crippen molar-refractivity contribution >= 4 is 0 Å². The lowest BCUT2D eigenvalue weighted by Gasteiger charge is -2.23. The van der Waals surface area contributed by atoms with E-state index in [0.717, 1.165) is 0 Å². The highest BCUT2D eigenvalue weighted by molar-refractivity contribution is 5.37. The summed E-state index contributed by atoms with van der Waals surface area (Å²) in [6.07, 6.45) is 0.920. The Labute approximate surface area is 81.4 Å². The van der Waals surface area contributed by atoms with E-state index in [-0.39, 0.29) is 11.1 Å². The third kappa shape index (κ3) is 1.32. The van der Waals surface area contributed by atoms with Crippen molar-refractivity contribution in [3.05, 3.63) is 34.4 Å². The van der Waals surface area contributed by atoms with Gasteiger partial charge in [-0.3, -0.25) is 0 Å². The summed E-state index contributed by atoms with van der Waals surface area (Å²) in [5.74, 6) is -0.841. The molecule has 1 aliphatic rings. The largest absolute Gasteiger partial charge is 0.388 e. The van der Waals surface area contributed by atoms with Crippen LogP contribution in [0, 0.1) is 18.6 Å². The Morgan fingerprint density at radius 1 is 1.43 bits per heavy atom. The van der Waals surface area contributed by atoms with Crippen LogP contribution in [0.25, 0.3) is 0 Å². The molecule has 0 aromatic heterocycles. The van der Waals surface area contributed by atoms with Gasteiger partial charge in [0, 0.05) is 5.56 Å². The summed E-state index contributed by atoms with van der Waals surface area (Å²) in [5.41, 5.74) is 0.794. The Morgan fingerprint density at radius 2 is 2.14 bits per heavy atom. The lowest BCUT2D eigenvalue weighted by Crippen LogP contribution is -2.14. The lowest BCUT2D eigenvalue weighted by atomic mass is 9.87. The van der Waals surface area contributed by atoms with Crippen LogP contribution in [0.1, 0.15) is 35.6 Å². The molecule has 76 valence electrons. The first-order valence-corrected chi connectivity index (χ1v) is 4.76. The minimum Gasteiger partial charge on any atom is -0.388 e. The first-order valence-electron chi connectivity index (χ1n) is 4.76. The molecular formula is C11H12F2O. The number of aliphatic hydroxyl groups is 1. The molecule has 0 bridgehead atoms. The van der Waals surface area contributed by atoms with Crippen LogP contribution in [0.2, 0.25) is 0 Å². The molecule has 0 radical (unpaired) electrons. The summed E-state index contributed by atoms with van der Waals surface area (Å²) in [5, 5.41) is 9.58. The van der Waals surface area contributed by atoms with Crippen LogP contribution in [0.15, 0.2) is 6.07 Å². The van der Waals surface area contributed by atoms with Crippen molar-refractivity contribution < 1.29 is 13.9 Å².